The molecule has 0 aliphatic carbocycles. The van der Waals surface area contributed by atoms with Gasteiger partial charge in [-0.1, -0.05) is 6.92 Å². The van der Waals surface area contributed by atoms with Crippen molar-refractivity contribution in [3.8, 4) is 0 Å². The van der Waals surface area contributed by atoms with E-state index < -0.39 is 236 Å². The zero-order valence-electron chi connectivity index (χ0n) is 38.1. The summed E-state index contributed by atoms with van der Waals surface area (Å²) < 4.78 is 74.1. The van der Waals surface area contributed by atoms with E-state index in [0.29, 0.717) is 0 Å². The van der Waals surface area contributed by atoms with Crippen LogP contribution in [0.4, 0.5) is 0 Å². The second-order valence-corrected chi connectivity index (χ2v) is 18.2. The molecule has 0 aromatic carbocycles. The van der Waals surface area contributed by atoms with Crippen molar-refractivity contribution < 1.29 is 158 Å². The molecule has 32 heteroatoms. The van der Waals surface area contributed by atoms with Crippen LogP contribution in [0.5, 0.6) is 0 Å². The Morgan fingerprint density at radius 3 is 0.778 bits per heavy atom. The first-order valence-electron chi connectivity index (χ1n) is 23.2. The zero-order valence-corrected chi connectivity index (χ0v) is 38.1. The van der Waals surface area contributed by atoms with Gasteiger partial charge in [-0.15, -0.1) is 0 Å². The normalized spacial score (nSPS) is 52.1. The smallest absolute Gasteiger partial charge is 0.335 e. The van der Waals surface area contributed by atoms with E-state index in [1.165, 1.54) is 6.92 Å². The third kappa shape index (κ3) is 11.4. The lowest BCUT2D eigenvalue weighted by Crippen LogP contribution is -2.69. The van der Waals surface area contributed by atoms with Gasteiger partial charge in [0.1, 0.15) is 140 Å². The largest absolute Gasteiger partial charge is 0.455 e. The van der Waals surface area contributed by atoms with Gasteiger partial charge in [0.25, 0.3) is 0 Å². The van der Waals surface area contributed by atoms with Crippen molar-refractivity contribution in [3.63, 3.8) is 0 Å². The molecule has 1 unspecified atom stereocenters. The molecule has 22 aliphatic rings. The molecule has 0 radical (unpaired) electrons. The number of carbonyl (C=O) groups excluding carboxylic acids is 1. The standard InChI is InChI=1S/C40H66O32/c1-2-9(47)34(59)66-33-26(58)40-65-15(8-46)32(33)72-39-25(57)20(52)30(13(6-44)64-39)70-37-23(55)18(50)28(11(4-42)62-37)68-35-21(53)16(48)27(10(3-41)60-35)67-36-22(54)17(49)29(12(5-43)61-36)69-38-24(56)19(51)31(71-40)14(7-45)63-38/h9-33,35-58H,2-8H2,1H3/t9?,10-,11-,12-,13-,14-,15-,16-,17-,18-,19-,20-,21-,22-,23-,24-,25-,26-,27-,28-,29-,30-,31-,32+,33-,35-,36-,37-,38-,39-,40-/m1/s1. The first-order valence-corrected chi connectivity index (χ1v) is 23.2. The lowest BCUT2D eigenvalue weighted by Gasteiger charge is -2.51. The van der Waals surface area contributed by atoms with Gasteiger partial charge in [-0.2, -0.15) is 0 Å². The maximum atomic E-state index is 13.1. The summed E-state index contributed by atoms with van der Waals surface area (Å²) >= 11 is 0. The minimum Gasteiger partial charge on any atom is -0.455 e. The van der Waals surface area contributed by atoms with E-state index in [9.17, 15) is 96.7 Å². The van der Waals surface area contributed by atoms with Crippen LogP contribution in [-0.2, 0) is 66.4 Å². The highest BCUT2D eigenvalue weighted by Crippen LogP contribution is 2.38. The van der Waals surface area contributed by atoms with E-state index in [1.807, 2.05) is 0 Å². The molecular weight excluding hydrogens is 992 g/mol. The third-order valence-corrected chi connectivity index (χ3v) is 13.6. The Kier molecular flexibility index (Phi) is 19.9. The molecule has 0 aromatic heterocycles. The van der Waals surface area contributed by atoms with Crippen molar-refractivity contribution in [2.24, 2.45) is 0 Å². The predicted molar refractivity (Wildman–Crippen MR) is 216 cm³/mol. The van der Waals surface area contributed by atoms with E-state index in [-0.39, 0.29) is 6.42 Å². The number of ether oxygens (including phenoxy) is 13. The van der Waals surface area contributed by atoms with Crippen molar-refractivity contribution in [3.05, 3.63) is 0 Å². The summed E-state index contributed by atoms with van der Waals surface area (Å²) in [6, 6.07) is 0. The average Bonchev–Trinajstić information content (AvgIpc) is 3.37. The van der Waals surface area contributed by atoms with Gasteiger partial charge < -0.3 is 153 Å². The Morgan fingerprint density at radius 1 is 0.347 bits per heavy atom. The second kappa shape index (κ2) is 24.7. The van der Waals surface area contributed by atoms with Crippen LogP contribution in [0.3, 0.4) is 0 Å². The van der Waals surface area contributed by atoms with Crippen LogP contribution in [0.25, 0.3) is 0 Å². The van der Waals surface area contributed by atoms with Gasteiger partial charge in [-0.25, -0.2) is 4.79 Å². The first kappa shape index (κ1) is 58.0. The second-order valence-electron chi connectivity index (χ2n) is 18.2. The Morgan fingerprint density at radius 2 is 0.556 bits per heavy atom. The topological polar surface area (TPSA) is 501 Å². The van der Waals surface area contributed by atoms with Crippen LogP contribution >= 0.6 is 0 Å². The quantitative estimate of drug-likeness (QED) is 0.0954. The molecular formula is C40H66O32. The van der Waals surface area contributed by atoms with Gasteiger partial charge >= 0.3 is 5.97 Å². The van der Waals surface area contributed by atoms with Crippen LogP contribution in [0.1, 0.15) is 13.3 Å². The molecule has 22 saturated heterocycles. The van der Waals surface area contributed by atoms with Crippen molar-refractivity contribution in [1.29, 1.82) is 0 Å². The fraction of sp³-hybridized carbons (Fsp3) is 0.975. The highest BCUT2D eigenvalue weighted by atomic mass is 16.8. The van der Waals surface area contributed by atoms with Crippen LogP contribution < -0.4 is 0 Å². The number of aliphatic hydroxyl groups excluding tert-OH is 18. The lowest BCUT2D eigenvalue weighted by molar-refractivity contribution is -0.404. The van der Waals surface area contributed by atoms with Gasteiger partial charge in [0.2, 0.25) is 0 Å². The Balaban J connectivity index is 1.23. The zero-order chi connectivity index (χ0) is 52.6. The number of esters is 1. The molecule has 22 heterocycles. The SMILES string of the molecule is CCC(O)C(=O)O[C@@H]1[C@@H](O)[C@H]2O[C@H]3[C@H](O)[C@@H](O)[C@@H](O[C@H]4[C@H](O)[C@@H](O)[C@@H](O[C@H]5[C@H](O)[C@@H](O)[C@@H](O[C@H]6[C@H](O)[C@@H](O)[C@@H](O[C@H]7[C@H](O)[C@@H](O)[C@@H](O[C@H]1[C@@H](CO)O2)O[C@@H]7CO)O[C@@H]6CO)O[C@@H]5CO)O[C@@H]4CO)O[C@@H]3CO. The lowest BCUT2D eigenvalue weighted by atomic mass is 9.94. The molecule has 0 saturated carbocycles. The van der Waals surface area contributed by atoms with Crippen molar-refractivity contribution >= 4 is 5.97 Å². The maximum Gasteiger partial charge on any atom is 0.335 e. The van der Waals surface area contributed by atoms with Crippen molar-refractivity contribution in [2.75, 3.05) is 39.6 Å². The minimum absolute atomic E-state index is 0.221. The first-order chi connectivity index (χ1) is 34.3. The summed E-state index contributed by atoms with van der Waals surface area (Å²) in [5, 5.41) is 197. The van der Waals surface area contributed by atoms with Crippen LogP contribution in [-0.4, -0.2) is 328 Å². The Hall–Kier alpha value is -1.73. The van der Waals surface area contributed by atoms with Gasteiger partial charge in [-0.05, 0) is 6.42 Å². The van der Waals surface area contributed by atoms with Crippen LogP contribution in [0.2, 0.25) is 0 Å². The van der Waals surface area contributed by atoms with E-state index in [0.717, 1.165) is 0 Å². The third-order valence-electron chi connectivity index (χ3n) is 13.6. The summed E-state index contributed by atoms with van der Waals surface area (Å²) in [6.07, 6.45) is -62.3. The number of hydrogen-bond donors (Lipinski definition) is 18. The summed E-state index contributed by atoms with van der Waals surface area (Å²) in [5.74, 6) is -1.37. The predicted octanol–water partition coefficient (Wildman–Crippen LogP) is -12.7. The van der Waals surface area contributed by atoms with Crippen molar-refractivity contribution in [2.45, 2.75) is 204 Å². The average molecular weight is 1060 g/mol. The molecule has 0 amide bonds. The molecule has 0 aromatic rings. The molecule has 12 bridgehead atoms. The van der Waals surface area contributed by atoms with E-state index in [4.69, 9.17) is 61.6 Å². The van der Waals surface area contributed by atoms with Crippen molar-refractivity contribution in [1.82, 2.24) is 0 Å². The summed E-state index contributed by atoms with van der Waals surface area (Å²) in [5.41, 5.74) is 0. The van der Waals surface area contributed by atoms with E-state index in [2.05, 4.69) is 0 Å². The molecule has 22 rings (SSSR count). The van der Waals surface area contributed by atoms with Gasteiger partial charge in [-0.3, -0.25) is 0 Å². The molecule has 22 aliphatic heterocycles. The maximum absolute atomic E-state index is 13.1. The fourth-order valence-electron chi connectivity index (χ4n) is 9.43. The number of rotatable bonds is 9. The molecule has 32 nitrogen and oxygen atoms in total. The minimum atomic E-state index is -2.27. The number of hydrogen-bond acceptors (Lipinski definition) is 32. The Bertz CT molecular complexity index is 1690. The van der Waals surface area contributed by atoms with Gasteiger partial charge in [0.15, 0.2) is 49.9 Å². The number of aliphatic hydroxyl groups is 18. The highest BCUT2D eigenvalue weighted by Gasteiger charge is 2.59. The number of carbonyl (C=O) groups is 1. The fourth-order valence-corrected chi connectivity index (χ4v) is 9.43. The Labute approximate surface area is 407 Å². The van der Waals surface area contributed by atoms with Crippen LogP contribution in [0, 0.1) is 0 Å². The van der Waals surface area contributed by atoms with Gasteiger partial charge in [0, 0.05) is 0 Å². The summed E-state index contributed by atoms with van der Waals surface area (Å²) in [7, 11) is 0. The molecule has 72 heavy (non-hydrogen) atoms. The summed E-state index contributed by atoms with van der Waals surface area (Å²) in [6.45, 7) is -4.88. The summed E-state index contributed by atoms with van der Waals surface area (Å²) in [4.78, 5) is 13.1. The highest BCUT2D eigenvalue weighted by molar-refractivity contribution is 5.74. The molecule has 31 atom stereocenters. The molecule has 418 valence electrons. The molecule has 0 spiro atoms. The molecule has 18 N–H and O–H groups in total. The monoisotopic (exact) mass is 1060 g/mol. The van der Waals surface area contributed by atoms with Crippen LogP contribution in [0.15, 0.2) is 0 Å². The van der Waals surface area contributed by atoms with Gasteiger partial charge in [0.05, 0.1) is 39.6 Å². The molecule has 22 fully saturated rings. The van der Waals surface area contributed by atoms with E-state index in [1.54, 1.807) is 0 Å². The van der Waals surface area contributed by atoms with E-state index >= 15 is 0 Å².